The number of hydrogen-bond donors (Lipinski definition) is 0. The fourth-order valence-corrected chi connectivity index (χ4v) is 1.74. The van der Waals surface area contributed by atoms with Crippen LogP contribution in [-0.4, -0.2) is 30.2 Å². The number of Topliss-reactive ketones (excluding diaryl/α,β-unsaturated/α-hetero) is 1. The van der Waals surface area contributed by atoms with E-state index in [2.05, 4.69) is 13.8 Å². The summed E-state index contributed by atoms with van der Waals surface area (Å²) in [5.41, 5.74) is 7.89. The summed E-state index contributed by atoms with van der Waals surface area (Å²) in [5.74, 6) is -0.575. The molecule has 0 aromatic heterocycles. The Kier molecular flexibility index (Phi) is 4.73. The Balaban J connectivity index is 5.11. The van der Waals surface area contributed by atoms with Gasteiger partial charge in [0.05, 0.1) is 0 Å². The average Bonchev–Trinajstić information content (AvgIpc) is 2.18. The lowest BCUT2D eigenvalue weighted by Gasteiger charge is -2.06. The van der Waals surface area contributed by atoms with Gasteiger partial charge in [0.1, 0.15) is 0 Å². The van der Waals surface area contributed by atoms with Gasteiger partial charge in [-0.25, -0.2) is 4.57 Å². The first-order valence-electron chi connectivity index (χ1n) is 3.53. The van der Waals surface area contributed by atoms with Crippen LogP contribution in [0.2, 0.25) is 0 Å². The molecule has 74 valence electrons. The van der Waals surface area contributed by atoms with Crippen molar-refractivity contribution in [3.8, 4) is 0 Å². The van der Waals surface area contributed by atoms with E-state index in [1.54, 1.807) is 6.92 Å². The van der Waals surface area contributed by atoms with E-state index in [0.717, 1.165) is 14.2 Å². The highest BCUT2D eigenvalue weighted by Crippen LogP contribution is 2.47. The van der Waals surface area contributed by atoms with Gasteiger partial charge in [0.15, 0.2) is 0 Å². The molecule has 0 N–H and O–H groups in total. The average molecular weight is 206 g/mol. The quantitative estimate of drug-likeness (QED) is 0.291. The summed E-state index contributed by atoms with van der Waals surface area (Å²) in [7, 11) is -1.49. The van der Waals surface area contributed by atoms with Crippen molar-refractivity contribution >= 4 is 18.8 Å². The lowest BCUT2D eigenvalue weighted by atomic mass is 10.3. The van der Waals surface area contributed by atoms with Gasteiger partial charge < -0.3 is 14.6 Å². The maximum atomic E-state index is 11.5. The van der Waals surface area contributed by atoms with Crippen LogP contribution < -0.4 is 0 Å². The largest absolute Gasteiger partial charge is 0.446 e. The Morgan fingerprint density at radius 3 is 2.15 bits per heavy atom. The Labute approximate surface area is 76.0 Å². The molecule has 0 aliphatic heterocycles. The predicted molar refractivity (Wildman–Crippen MR) is 45.5 cm³/mol. The molecule has 0 bridgehead atoms. The Bertz CT molecular complexity index is 287. The molecule has 0 rings (SSSR count). The monoisotopic (exact) mass is 206 g/mol. The Morgan fingerprint density at radius 2 is 1.92 bits per heavy atom. The topological polar surface area (TPSA) is 89.0 Å². The van der Waals surface area contributed by atoms with E-state index in [1.807, 2.05) is 0 Å². The first-order chi connectivity index (χ1) is 6.05. The van der Waals surface area contributed by atoms with E-state index < -0.39 is 18.8 Å². The Hall–Kier alpha value is -0.800. The van der Waals surface area contributed by atoms with Crippen molar-refractivity contribution in [1.82, 2.24) is 0 Å². The van der Waals surface area contributed by atoms with Gasteiger partial charge >= 0.3 is 13.0 Å². The molecule has 6 nitrogen and oxygen atoms in total. The van der Waals surface area contributed by atoms with Crippen molar-refractivity contribution in [2.45, 2.75) is 13.3 Å². The SMILES string of the molecule is CCC(=O)C(=[N+]=[N-])P(=O)(OC)OC. The molecule has 0 aliphatic carbocycles. The molecule has 13 heavy (non-hydrogen) atoms. The fourth-order valence-electron chi connectivity index (χ4n) is 0.669. The van der Waals surface area contributed by atoms with E-state index in [-0.39, 0.29) is 6.42 Å². The van der Waals surface area contributed by atoms with Crippen molar-refractivity contribution in [3.63, 3.8) is 0 Å². The smallest absolute Gasteiger partial charge is 0.360 e. The van der Waals surface area contributed by atoms with Crippen molar-refractivity contribution < 1.29 is 23.2 Å². The van der Waals surface area contributed by atoms with Crippen LogP contribution in [0.3, 0.4) is 0 Å². The zero-order valence-electron chi connectivity index (χ0n) is 7.68. The number of hydrogen-bond acceptors (Lipinski definition) is 4. The highest BCUT2D eigenvalue weighted by Gasteiger charge is 2.42. The van der Waals surface area contributed by atoms with Gasteiger partial charge in [-0.15, -0.1) is 0 Å². The predicted octanol–water partition coefficient (Wildman–Crippen LogP) is 1.08. The molecular weight excluding hydrogens is 195 g/mol. The molecule has 0 spiro atoms. The van der Waals surface area contributed by atoms with Gasteiger partial charge in [-0.3, -0.25) is 4.79 Å². The summed E-state index contributed by atoms with van der Waals surface area (Å²) < 4.78 is 20.5. The summed E-state index contributed by atoms with van der Waals surface area (Å²) in [5, 5.41) is 0. The molecule has 0 aromatic rings. The third-order valence-corrected chi connectivity index (χ3v) is 3.22. The van der Waals surface area contributed by atoms with Crippen LogP contribution >= 0.6 is 7.60 Å². The lowest BCUT2D eigenvalue weighted by Crippen LogP contribution is -2.16. The van der Waals surface area contributed by atoms with Crippen LogP contribution in [-0.2, 0) is 18.4 Å². The second kappa shape index (κ2) is 5.04. The minimum Gasteiger partial charge on any atom is -0.360 e. The fraction of sp³-hybridized carbons (Fsp3) is 0.667. The molecule has 0 aromatic carbocycles. The molecule has 0 unspecified atom stereocenters. The first-order valence-corrected chi connectivity index (χ1v) is 5.07. The summed E-state index contributed by atoms with van der Waals surface area (Å²) in [6.45, 7) is 1.54. The zero-order valence-corrected chi connectivity index (χ0v) is 8.58. The molecule has 7 heteroatoms. The number of ketones is 1. The van der Waals surface area contributed by atoms with Gasteiger partial charge in [-0.2, -0.15) is 4.79 Å². The molecule has 0 amide bonds. The van der Waals surface area contributed by atoms with Crippen molar-refractivity contribution in [2.24, 2.45) is 0 Å². The molecule has 0 saturated heterocycles. The molecule has 0 heterocycles. The van der Waals surface area contributed by atoms with Crippen molar-refractivity contribution in [3.05, 3.63) is 5.53 Å². The molecule has 0 saturated carbocycles. The maximum Gasteiger partial charge on any atom is 0.446 e. The molecule has 0 fully saturated rings. The van der Waals surface area contributed by atoms with E-state index in [1.165, 1.54) is 0 Å². The van der Waals surface area contributed by atoms with E-state index in [4.69, 9.17) is 5.53 Å². The summed E-state index contributed by atoms with van der Waals surface area (Å²) in [6.07, 6.45) is 0.0656. The van der Waals surface area contributed by atoms with E-state index >= 15 is 0 Å². The summed E-state index contributed by atoms with van der Waals surface area (Å²) >= 11 is 0. The van der Waals surface area contributed by atoms with E-state index in [9.17, 15) is 9.36 Å². The molecular formula is C6H11N2O4P. The third kappa shape index (κ3) is 2.57. The number of carbonyl (C=O) groups excluding carboxylic acids is 1. The molecule has 0 aliphatic rings. The summed E-state index contributed by atoms with van der Waals surface area (Å²) in [4.78, 5) is 13.7. The minimum atomic E-state index is -3.71. The van der Waals surface area contributed by atoms with Gasteiger partial charge in [0.2, 0.25) is 0 Å². The van der Waals surface area contributed by atoms with Crippen molar-refractivity contribution in [2.75, 3.05) is 14.2 Å². The number of nitrogens with zero attached hydrogens (tertiary/aromatic N) is 2. The highest BCUT2D eigenvalue weighted by atomic mass is 31.2. The van der Waals surface area contributed by atoms with Crippen LogP contribution in [0.5, 0.6) is 0 Å². The lowest BCUT2D eigenvalue weighted by molar-refractivity contribution is -0.116. The van der Waals surface area contributed by atoms with Crippen LogP contribution in [0, 0.1) is 0 Å². The first kappa shape index (κ1) is 12.2. The van der Waals surface area contributed by atoms with Crippen LogP contribution in [0.15, 0.2) is 0 Å². The zero-order chi connectivity index (χ0) is 10.5. The normalized spacial score (nSPS) is 10.7. The summed E-state index contributed by atoms with van der Waals surface area (Å²) in [6, 6.07) is 0. The number of carbonyl (C=O) groups is 1. The minimum absolute atomic E-state index is 0.0656. The highest BCUT2D eigenvalue weighted by molar-refractivity contribution is 7.74. The maximum absolute atomic E-state index is 11.5. The van der Waals surface area contributed by atoms with Crippen LogP contribution in [0.4, 0.5) is 0 Å². The van der Waals surface area contributed by atoms with Gasteiger partial charge in [0, 0.05) is 20.6 Å². The molecule has 0 atom stereocenters. The standard InChI is InChI=1S/C6H11N2O4P/c1-4-5(9)6(8-7)13(10,11-2)12-3/h4H2,1-3H3. The van der Waals surface area contributed by atoms with Crippen LogP contribution in [0.25, 0.3) is 5.53 Å². The van der Waals surface area contributed by atoms with Gasteiger partial charge in [-0.1, -0.05) is 6.92 Å². The second-order valence-corrected chi connectivity index (χ2v) is 4.21. The Morgan fingerprint density at radius 1 is 1.46 bits per heavy atom. The number of rotatable bonds is 5. The second-order valence-electron chi connectivity index (χ2n) is 2.06. The van der Waals surface area contributed by atoms with Crippen LogP contribution in [0.1, 0.15) is 13.3 Å². The third-order valence-electron chi connectivity index (χ3n) is 1.41. The van der Waals surface area contributed by atoms with E-state index in [0.29, 0.717) is 0 Å². The van der Waals surface area contributed by atoms with Crippen molar-refractivity contribution in [1.29, 1.82) is 0 Å². The molecule has 0 radical (unpaired) electrons. The van der Waals surface area contributed by atoms with Gasteiger partial charge in [-0.05, 0) is 0 Å². The van der Waals surface area contributed by atoms with Gasteiger partial charge in [0.25, 0.3) is 5.78 Å².